The number of benzene rings is 1. The zero-order chi connectivity index (χ0) is 11.5. The average Bonchev–Trinajstić information content (AvgIpc) is 2.75. The number of fused-ring (bicyclic) bond motifs is 1. The summed E-state index contributed by atoms with van der Waals surface area (Å²) in [5.41, 5.74) is 2.41. The van der Waals surface area contributed by atoms with Crippen LogP contribution in [0.25, 0.3) is 0 Å². The van der Waals surface area contributed by atoms with Crippen LogP contribution in [-0.2, 0) is 17.7 Å². The monoisotopic (exact) mass is 287 g/mol. The molecular weight excluding hydrogens is 274 g/mol. The second-order valence-corrected chi connectivity index (χ2v) is 4.33. The van der Waals surface area contributed by atoms with Crippen molar-refractivity contribution >= 4 is 15.9 Å². The largest absolute Gasteiger partial charge is 0.454 e. The predicted octanol–water partition coefficient (Wildman–Crippen LogP) is 2.17. The molecule has 0 amide bonds. The van der Waals surface area contributed by atoms with Crippen molar-refractivity contribution in [1.82, 2.24) is 0 Å². The molecule has 16 heavy (non-hydrogen) atoms. The van der Waals surface area contributed by atoms with Crippen molar-refractivity contribution in [2.75, 3.05) is 13.4 Å². The predicted molar refractivity (Wildman–Crippen MR) is 63.5 cm³/mol. The van der Waals surface area contributed by atoms with Crippen molar-refractivity contribution in [1.29, 1.82) is 0 Å². The van der Waals surface area contributed by atoms with Crippen LogP contribution >= 0.6 is 15.9 Å². The molecule has 1 aliphatic rings. The van der Waals surface area contributed by atoms with Gasteiger partial charge in [-0.3, -0.25) is 0 Å². The number of ether oxygens (including phenoxy) is 2. The topological polar surface area (TPSA) is 53.7 Å². The van der Waals surface area contributed by atoms with E-state index in [1.807, 2.05) is 6.07 Å². The number of hydrogen-bond acceptors (Lipinski definition) is 4. The Bertz CT molecular complexity index is 395. The van der Waals surface area contributed by atoms with Gasteiger partial charge in [0, 0.05) is 0 Å². The lowest BCUT2D eigenvalue weighted by Crippen LogP contribution is -2.06. The van der Waals surface area contributed by atoms with Gasteiger partial charge < -0.3 is 14.3 Å². The van der Waals surface area contributed by atoms with E-state index in [-0.39, 0.29) is 6.79 Å². The summed E-state index contributed by atoms with van der Waals surface area (Å²) in [5.74, 6) is 6.64. The fourth-order valence-corrected chi connectivity index (χ4v) is 2.71. The summed E-state index contributed by atoms with van der Waals surface area (Å²) in [6.45, 7) is 2.89. The van der Waals surface area contributed by atoms with E-state index in [0.717, 1.165) is 28.8 Å². The molecule has 0 unspecified atom stereocenters. The van der Waals surface area contributed by atoms with Crippen LogP contribution in [0.5, 0.6) is 11.5 Å². The standard InChI is InChI=1S/C11H14BrNO3/c1-2-8-7(3-4-16-13)5-9-11(10(8)12)15-6-14-9/h5H,2-4,6,13H2,1H3. The molecule has 1 aliphatic heterocycles. The van der Waals surface area contributed by atoms with Gasteiger partial charge >= 0.3 is 0 Å². The molecule has 0 saturated heterocycles. The van der Waals surface area contributed by atoms with Gasteiger partial charge in [-0.25, -0.2) is 5.90 Å². The van der Waals surface area contributed by atoms with Crippen molar-refractivity contribution in [3.8, 4) is 11.5 Å². The SMILES string of the molecule is CCc1c(CCON)cc2c(c1Br)OCO2. The maximum atomic E-state index is 5.41. The Kier molecular flexibility index (Phi) is 3.68. The van der Waals surface area contributed by atoms with Gasteiger partial charge in [0.2, 0.25) is 6.79 Å². The maximum Gasteiger partial charge on any atom is 0.231 e. The summed E-state index contributed by atoms with van der Waals surface area (Å²) in [6, 6.07) is 2.00. The Morgan fingerprint density at radius 1 is 1.50 bits per heavy atom. The highest BCUT2D eigenvalue weighted by Gasteiger charge is 2.21. The highest BCUT2D eigenvalue weighted by atomic mass is 79.9. The molecule has 1 aromatic carbocycles. The lowest BCUT2D eigenvalue weighted by molar-refractivity contribution is 0.141. The second kappa shape index (κ2) is 5.03. The lowest BCUT2D eigenvalue weighted by atomic mass is 10.0. The van der Waals surface area contributed by atoms with Crippen LogP contribution in [0.2, 0.25) is 0 Å². The first-order chi connectivity index (χ1) is 7.77. The van der Waals surface area contributed by atoms with Gasteiger partial charge in [-0.15, -0.1) is 0 Å². The van der Waals surface area contributed by atoms with Crippen LogP contribution in [0.4, 0.5) is 0 Å². The average molecular weight is 288 g/mol. The smallest absolute Gasteiger partial charge is 0.231 e. The third-order valence-electron chi connectivity index (χ3n) is 2.64. The van der Waals surface area contributed by atoms with Gasteiger partial charge in [-0.05, 0) is 46.0 Å². The Morgan fingerprint density at radius 2 is 2.31 bits per heavy atom. The molecule has 0 aromatic heterocycles. The molecule has 2 N–H and O–H groups in total. The van der Waals surface area contributed by atoms with Gasteiger partial charge in [-0.1, -0.05) is 6.92 Å². The third kappa shape index (κ3) is 2.03. The van der Waals surface area contributed by atoms with Gasteiger partial charge in [0.1, 0.15) is 0 Å². The van der Waals surface area contributed by atoms with Gasteiger partial charge in [-0.2, -0.15) is 0 Å². The van der Waals surface area contributed by atoms with E-state index in [9.17, 15) is 0 Å². The van der Waals surface area contributed by atoms with Crippen molar-refractivity contribution < 1.29 is 14.3 Å². The van der Waals surface area contributed by atoms with Crippen molar-refractivity contribution in [2.24, 2.45) is 5.90 Å². The minimum Gasteiger partial charge on any atom is -0.454 e. The van der Waals surface area contributed by atoms with Crippen LogP contribution in [-0.4, -0.2) is 13.4 Å². The normalized spacial score (nSPS) is 13.2. The van der Waals surface area contributed by atoms with E-state index in [2.05, 4.69) is 27.7 Å². The van der Waals surface area contributed by atoms with Crippen LogP contribution in [0.15, 0.2) is 10.5 Å². The first-order valence-corrected chi connectivity index (χ1v) is 5.98. The Balaban J connectivity index is 2.39. The van der Waals surface area contributed by atoms with E-state index < -0.39 is 0 Å². The zero-order valence-electron chi connectivity index (χ0n) is 9.09. The van der Waals surface area contributed by atoms with Crippen LogP contribution in [0, 0.1) is 0 Å². The molecule has 0 fully saturated rings. The van der Waals surface area contributed by atoms with E-state index in [1.54, 1.807) is 0 Å². The Hall–Kier alpha value is -0.780. The first kappa shape index (κ1) is 11.7. The van der Waals surface area contributed by atoms with Gasteiger partial charge in [0.25, 0.3) is 0 Å². The van der Waals surface area contributed by atoms with Crippen molar-refractivity contribution in [3.05, 3.63) is 21.7 Å². The van der Waals surface area contributed by atoms with E-state index in [1.165, 1.54) is 11.1 Å². The first-order valence-electron chi connectivity index (χ1n) is 5.19. The van der Waals surface area contributed by atoms with E-state index in [0.29, 0.717) is 6.61 Å². The molecule has 88 valence electrons. The molecule has 0 aliphatic carbocycles. The Morgan fingerprint density at radius 3 is 3.00 bits per heavy atom. The number of hydrogen-bond donors (Lipinski definition) is 1. The van der Waals surface area contributed by atoms with Gasteiger partial charge in [0.15, 0.2) is 11.5 Å². The zero-order valence-corrected chi connectivity index (χ0v) is 10.7. The summed E-state index contributed by atoms with van der Waals surface area (Å²) in [6.07, 6.45) is 1.70. The number of halogens is 1. The summed E-state index contributed by atoms with van der Waals surface area (Å²) in [7, 11) is 0. The third-order valence-corrected chi connectivity index (χ3v) is 3.48. The van der Waals surface area contributed by atoms with Crippen molar-refractivity contribution in [3.63, 3.8) is 0 Å². The fourth-order valence-electron chi connectivity index (χ4n) is 1.86. The summed E-state index contributed by atoms with van der Waals surface area (Å²) >= 11 is 3.56. The minimum absolute atomic E-state index is 0.286. The van der Waals surface area contributed by atoms with Crippen LogP contribution in [0.3, 0.4) is 0 Å². The molecule has 0 saturated carbocycles. The molecule has 0 atom stereocenters. The quantitative estimate of drug-likeness (QED) is 0.863. The second-order valence-electron chi connectivity index (χ2n) is 3.54. The molecule has 0 bridgehead atoms. The van der Waals surface area contributed by atoms with Crippen LogP contribution in [0.1, 0.15) is 18.1 Å². The fraction of sp³-hybridized carbons (Fsp3) is 0.455. The molecule has 2 rings (SSSR count). The van der Waals surface area contributed by atoms with Gasteiger partial charge in [0.05, 0.1) is 11.1 Å². The molecule has 1 heterocycles. The lowest BCUT2D eigenvalue weighted by Gasteiger charge is -2.12. The maximum absolute atomic E-state index is 5.41. The van der Waals surface area contributed by atoms with Crippen LogP contribution < -0.4 is 15.4 Å². The molecule has 5 heteroatoms. The summed E-state index contributed by atoms with van der Waals surface area (Å²) < 4.78 is 11.8. The molecule has 0 spiro atoms. The number of nitrogens with two attached hydrogens (primary N) is 1. The summed E-state index contributed by atoms with van der Waals surface area (Å²) in [4.78, 5) is 4.62. The highest BCUT2D eigenvalue weighted by Crippen LogP contribution is 2.43. The van der Waals surface area contributed by atoms with E-state index in [4.69, 9.17) is 15.4 Å². The molecule has 4 nitrogen and oxygen atoms in total. The molecule has 0 radical (unpaired) electrons. The number of rotatable bonds is 4. The highest BCUT2D eigenvalue weighted by molar-refractivity contribution is 9.10. The minimum atomic E-state index is 0.286. The summed E-state index contributed by atoms with van der Waals surface area (Å²) in [5, 5.41) is 0. The van der Waals surface area contributed by atoms with Crippen molar-refractivity contribution in [2.45, 2.75) is 19.8 Å². The molecular formula is C11H14BrNO3. The van der Waals surface area contributed by atoms with E-state index >= 15 is 0 Å². The Labute approximate surface area is 103 Å². The molecule has 1 aromatic rings.